The van der Waals surface area contributed by atoms with Crippen LogP contribution in [-0.2, 0) is 10.0 Å². The number of hydrogen-bond acceptors (Lipinski definition) is 5. The molecule has 0 aliphatic carbocycles. The minimum Gasteiger partial charge on any atom is -0.505 e. The van der Waals surface area contributed by atoms with Gasteiger partial charge >= 0.3 is 5.97 Å². The average Bonchev–Trinajstić information content (AvgIpc) is 2.49. The second-order valence-electron chi connectivity index (χ2n) is 4.25. The van der Waals surface area contributed by atoms with Gasteiger partial charge in [-0.25, -0.2) is 13.2 Å². The lowest BCUT2D eigenvalue weighted by atomic mass is 10.2. The van der Waals surface area contributed by atoms with Gasteiger partial charge in [0.15, 0.2) is 5.75 Å². The molecule has 22 heavy (non-hydrogen) atoms. The fourth-order valence-electron chi connectivity index (χ4n) is 1.73. The number of phenols is 1. The Bertz CT molecular complexity index is 884. The van der Waals surface area contributed by atoms with E-state index in [0.717, 1.165) is 6.07 Å². The van der Waals surface area contributed by atoms with Gasteiger partial charge in [-0.05, 0) is 30.3 Å². The van der Waals surface area contributed by atoms with Gasteiger partial charge in [0.05, 0.1) is 22.2 Å². The first-order chi connectivity index (χ1) is 10.3. The molecule has 0 amide bonds. The van der Waals surface area contributed by atoms with Crippen LogP contribution in [0.15, 0.2) is 47.4 Å². The van der Waals surface area contributed by atoms with Crippen LogP contribution in [0, 0.1) is 11.3 Å². The predicted molar refractivity (Wildman–Crippen MR) is 77.0 cm³/mol. The maximum absolute atomic E-state index is 12.2. The number of carbonyl (C=O) groups is 1. The number of benzene rings is 2. The minimum atomic E-state index is -4.06. The highest BCUT2D eigenvalue weighted by atomic mass is 32.2. The Balaban J connectivity index is 2.44. The first-order valence-electron chi connectivity index (χ1n) is 5.93. The quantitative estimate of drug-likeness (QED) is 0.737. The SMILES string of the molecule is N#Cc1cccc(S(=O)(=O)Nc2cccc(C(=O)O)c2O)c1. The van der Waals surface area contributed by atoms with Crippen LogP contribution in [-0.4, -0.2) is 24.6 Å². The van der Waals surface area contributed by atoms with Gasteiger partial charge in [0.25, 0.3) is 10.0 Å². The van der Waals surface area contributed by atoms with Crippen LogP contribution in [0.2, 0.25) is 0 Å². The van der Waals surface area contributed by atoms with E-state index in [0.29, 0.717) is 0 Å². The van der Waals surface area contributed by atoms with Crippen molar-refractivity contribution in [2.24, 2.45) is 0 Å². The van der Waals surface area contributed by atoms with Gasteiger partial charge in [-0.15, -0.1) is 0 Å². The van der Waals surface area contributed by atoms with Gasteiger partial charge in [0.2, 0.25) is 0 Å². The molecular weight excluding hydrogens is 308 g/mol. The summed E-state index contributed by atoms with van der Waals surface area (Å²) in [6.45, 7) is 0. The molecule has 0 heterocycles. The molecule has 2 aromatic carbocycles. The minimum absolute atomic E-state index is 0.159. The summed E-state index contributed by atoms with van der Waals surface area (Å²) in [5, 5.41) is 27.5. The largest absolute Gasteiger partial charge is 0.505 e. The molecule has 2 rings (SSSR count). The average molecular weight is 318 g/mol. The summed E-state index contributed by atoms with van der Waals surface area (Å²) < 4.78 is 26.5. The Hall–Kier alpha value is -3.05. The molecule has 0 saturated heterocycles. The topological polar surface area (TPSA) is 127 Å². The van der Waals surface area contributed by atoms with Crippen molar-refractivity contribution in [3.63, 3.8) is 0 Å². The van der Waals surface area contributed by atoms with Crippen LogP contribution >= 0.6 is 0 Å². The van der Waals surface area contributed by atoms with E-state index < -0.39 is 27.3 Å². The molecule has 3 N–H and O–H groups in total. The molecule has 0 fully saturated rings. The molecular formula is C14H10N2O5S. The third-order valence-corrected chi connectivity index (χ3v) is 4.15. The monoisotopic (exact) mass is 318 g/mol. The molecule has 0 aromatic heterocycles. The van der Waals surface area contributed by atoms with Gasteiger partial charge in [-0.3, -0.25) is 4.72 Å². The second kappa shape index (κ2) is 5.75. The summed E-state index contributed by atoms with van der Waals surface area (Å²) in [5.74, 6) is -2.07. The Kier molecular flexibility index (Phi) is 4.01. The number of nitriles is 1. The van der Waals surface area contributed by atoms with Crippen molar-refractivity contribution in [2.75, 3.05) is 4.72 Å². The van der Waals surface area contributed by atoms with Crippen molar-refractivity contribution in [1.29, 1.82) is 5.26 Å². The molecule has 0 saturated carbocycles. The van der Waals surface area contributed by atoms with E-state index in [1.54, 1.807) is 0 Å². The molecule has 0 aliphatic heterocycles. The Morgan fingerprint density at radius 1 is 1.18 bits per heavy atom. The number of rotatable bonds is 4. The lowest BCUT2D eigenvalue weighted by Gasteiger charge is -2.11. The molecule has 0 atom stereocenters. The van der Waals surface area contributed by atoms with Crippen LogP contribution in [0.4, 0.5) is 5.69 Å². The smallest absolute Gasteiger partial charge is 0.339 e. The second-order valence-corrected chi connectivity index (χ2v) is 5.93. The number of anilines is 1. The van der Waals surface area contributed by atoms with Crippen molar-refractivity contribution in [3.05, 3.63) is 53.6 Å². The molecule has 0 spiro atoms. The van der Waals surface area contributed by atoms with E-state index in [2.05, 4.69) is 4.72 Å². The van der Waals surface area contributed by atoms with Crippen molar-refractivity contribution in [1.82, 2.24) is 0 Å². The van der Waals surface area contributed by atoms with Crippen molar-refractivity contribution >= 4 is 21.7 Å². The van der Waals surface area contributed by atoms with E-state index in [1.807, 2.05) is 6.07 Å². The first-order valence-corrected chi connectivity index (χ1v) is 7.42. The number of hydrogen-bond donors (Lipinski definition) is 3. The molecule has 8 heteroatoms. The van der Waals surface area contributed by atoms with E-state index in [-0.39, 0.29) is 16.1 Å². The number of aromatic carboxylic acids is 1. The van der Waals surface area contributed by atoms with E-state index in [4.69, 9.17) is 10.4 Å². The van der Waals surface area contributed by atoms with Crippen molar-refractivity contribution in [3.8, 4) is 11.8 Å². The highest BCUT2D eigenvalue weighted by Gasteiger charge is 2.19. The van der Waals surface area contributed by atoms with Crippen LogP contribution in [0.1, 0.15) is 15.9 Å². The lowest BCUT2D eigenvalue weighted by Crippen LogP contribution is -2.14. The summed E-state index contributed by atoms with van der Waals surface area (Å²) in [4.78, 5) is 10.7. The van der Waals surface area contributed by atoms with Crippen LogP contribution in [0.25, 0.3) is 0 Å². The van der Waals surface area contributed by atoms with Gasteiger partial charge < -0.3 is 10.2 Å². The molecule has 112 valence electrons. The molecule has 0 aliphatic rings. The molecule has 0 radical (unpaired) electrons. The summed E-state index contributed by atoms with van der Waals surface area (Å²) >= 11 is 0. The van der Waals surface area contributed by atoms with Gasteiger partial charge in [0, 0.05) is 0 Å². The highest BCUT2D eigenvalue weighted by Crippen LogP contribution is 2.29. The summed E-state index contributed by atoms with van der Waals surface area (Å²) in [6.07, 6.45) is 0. The molecule has 0 bridgehead atoms. The van der Waals surface area contributed by atoms with Crippen LogP contribution in [0.3, 0.4) is 0 Å². The maximum Gasteiger partial charge on any atom is 0.339 e. The van der Waals surface area contributed by atoms with E-state index in [1.165, 1.54) is 36.4 Å². The fourth-order valence-corrected chi connectivity index (χ4v) is 2.85. The van der Waals surface area contributed by atoms with Crippen molar-refractivity contribution in [2.45, 2.75) is 4.90 Å². The third-order valence-electron chi connectivity index (χ3n) is 2.78. The summed E-state index contributed by atoms with van der Waals surface area (Å²) in [5.41, 5.74) is -0.528. The zero-order valence-electron chi connectivity index (χ0n) is 11.0. The number of sulfonamides is 1. The summed E-state index contributed by atoms with van der Waals surface area (Å²) in [6, 6.07) is 10.8. The number of nitrogens with zero attached hydrogens (tertiary/aromatic N) is 1. The number of nitrogens with one attached hydrogen (secondary N) is 1. The highest BCUT2D eigenvalue weighted by molar-refractivity contribution is 7.92. The number of carboxylic acids is 1. The van der Waals surface area contributed by atoms with Gasteiger partial charge in [0.1, 0.15) is 5.56 Å². The fraction of sp³-hybridized carbons (Fsp3) is 0. The summed E-state index contributed by atoms with van der Waals surface area (Å²) in [7, 11) is -4.06. The first kappa shape index (κ1) is 15.3. The maximum atomic E-state index is 12.2. The zero-order chi connectivity index (χ0) is 16.3. The number of carboxylic acid groups (broad SMARTS) is 1. The van der Waals surface area contributed by atoms with Crippen molar-refractivity contribution < 1.29 is 23.4 Å². The third kappa shape index (κ3) is 2.99. The van der Waals surface area contributed by atoms with Crippen LogP contribution in [0.5, 0.6) is 5.75 Å². The molecule has 0 unspecified atom stereocenters. The molecule has 7 nitrogen and oxygen atoms in total. The number of aromatic hydroxyl groups is 1. The predicted octanol–water partition coefficient (Wildman–Crippen LogP) is 1.76. The zero-order valence-corrected chi connectivity index (χ0v) is 11.8. The van der Waals surface area contributed by atoms with E-state index >= 15 is 0 Å². The molecule has 2 aromatic rings. The normalized spacial score (nSPS) is 10.7. The van der Waals surface area contributed by atoms with Gasteiger partial charge in [-0.2, -0.15) is 5.26 Å². The van der Waals surface area contributed by atoms with E-state index in [9.17, 15) is 18.3 Å². The Morgan fingerprint density at radius 3 is 2.50 bits per heavy atom. The van der Waals surface area contributed by atoms with Crippen LogP contribution < -0.4 is 4.72 Å². The van der Waals surface area contributed by atoms with Gasteiger partial charge in [-0.1, -0.05) is 12.1 Å². The lowest BCUT2D eigenvalue weighted by molar-refractivity contribution is 0.0694. The Morgan fingerprint density at radius 2 is 1.86 bits per heavy atom. The standard InChI is InChI=1S/C14H10N2O5S/c15-8-9-3-1-4-10(7-9)22(20,21)16-12-6-2-5-11(13(12)17)14(18)19/h1-7,16-17H,(H,18,19). The Labute approximate surface area is 126 Å². The number of para-hydroxylation sites is 1.